The van der Waals surface area contributed by atoms with E-state index in [0.717, 1.165) is 50.8 Å². The van der Waals surface area contributed by atoms with Gasteiger partial charge in [-0.25, -0.2) is 0 Å². The topological polar surface area (TPSA) is 47.7 Å². The van der Waals surface area contributed by atoms with E-state index < -0.39 is 0 Å². The molecule has 144 valence electrons. The zero-order valence-corrected chi connectivity index (χ0v) is 16.5. The number of likely N-dealkylation sites (N-methyl/N-ethyl adjacent to an activating group) is 1. The van der Waals surface area contributed by atoms with Gasteiger partial charge >= 0.3 is 0 Å². The Morgan fingerprint density at radius 2 is 2.04 bits per heavy atom. The number of piperazine rings is 1. The highest BCUT2D eigenvalue weighted by Gasteiger charge is 2.26. The van der Waals surface area contributed by atoms with Crippen LogP contribution in [0.15, 0.2) is 35.7 Å². The van der Waals surface area contributed by atoms with Crippen molar-refractivity contribution in [2.24, 2.45) is 0 Å². The molecule has 0 aliphatic carbocycles. The Morgan fingerprint density at radius 3 is 2.81 bits per heavy atom. The molecule has 6 nitrogen and oxygen atoms in total. The van der Waals surface area contributed by atoms with Gasteiger partial charge in [0.15, 0.2) is 18.0 Å². The van der Waals surface area contributed by atoms with Crippen LogP contribution in [-0.4, -0.2) is 57.4 Å². The minimum atomic E-state index is 0.270. The first-order chi connectivity index (χ1) is 13.2. The predicted molar refractivity (Wildman–Crippen MR) is 103 cm³/mol. The number of hydrogen-bond donors (Lipinski definition) is 2. The molecule has 1 unspecified atom stereocenters. The van der Waals surface area contributed by atoms with Gasteiger partial charge in [0.05, 0.1) is 38.1 Å². The SMILES string of the molecule is C[NH+](CC(=O)N1CC[NH+](Cc2ccc3c(c2)OCO3)CC1)Cc1cccs1. The first-order valence-corrected chi connectivity index (χ1v) is 10.4. The molecule has 2 aliphatic heterocycles. The first-order valence-electron chi connectivity index (χ1n) is 9.51. The van der Waals surface area contributed by atoms with Crippen LogP contribution in [0.2, 0.25) is 0 Å². The number of amides is 1. The number of nitrogens with zero attached hydrogens (tertiary/aromatic N) is 1. The molecule has 2 aliphatic rings. The molecule has 7 heteroatoms. The maximum Gasteiger partial charge on any atom is 0.278 e. The van der Waals surface area contributed by atoms with Crippen LogP contribution in [0, 0.1) is 0 Å². The summed E-state index contributed by atoms with van der Waals surface area (Å²) in [6.07, 6.45) is 0. The quantitative estimate of drug-likeness (QED) is 0.695. The summed E-state index contributed by atoms with van der Waals surface area (Å²) in [5.74, 6) is 1.95. The van der Waals surface area contributed by atoms with Gasteiger partial charge in [-0.2, -0.15) is 0 Å². The standard InChI is InChI=1S/C20H25N3O3S/c1-21(13-17-3-2-10-27-17)14-20(24)23-8-6-22(7-9-23)12-16-4-5-18-19(11-16)26-15-25-18/h2-5,10-11H,6-9,12-15H2,1H3/p+2. The summed E-state index contributed by atoms with van der Waals surface area (Å²) in [4.78, 5) is 18.7. The fourth-order valence-electron chi connectivity index (χ4n) is 3.73. The van der Waals surface area contributed by atoms with Gasteiger partial charge in [0.2, 0.25) is 6.79 Å². The largest absolute Gasteiger partial charge is 0.454 e. The lowest BCUT2D eigenvalue weighted by atomic mass is 10.1. The predicted octanol–water partition coefficient (Wildman–Crippen LogP) is -0.581. The Balaban J connectivity index is 1.23. The normalized spacial score (nSPS) is 17.9. The summed E-state index contributed by atoms with van der Waals surface area (Å²) in [7, 11) is 2.10. The Hall–Kier alpha value is -2.09. The van der Waals surface area contributed by atoms with E-state index in [1.165, 1.54) is 20.2 Å². The Bertz CT molecular complexity index is 773. The molecular formula is C20H27N3O3S+2. The van der Waals surface area contributed by atoms with Crippen molar-refractivity contribution in [3.05, 3.63) is 46.2 Å². The van der Waals surface area contributed by atoms with E-state index in [-0.39, 0.29) is 5.91 Å². The van der Waals surface area contributed by atoms with Crippen molar-refractivity contribution in [2.45, 2.75) is 13.1 Å². The minimum absolute atomic E-state index is 0.270. The monoisotopic (exact) mass is 389 g/mol. The molecule has 0 saturated carbocycles. The van der Waals surface area contributed by atoms with Gasteiger partial charge in [-0.15, -0.1) is 11.3 Å². The zero-order chi connectivity index (χ0) is 18.6. The van der Waals surface area contributed by atoms with Gasteiger partial charge in [-0.1, -0.05) is 6.07 Å². The Morgan fingerprint density at radius 1 is 1.22 bits per heavy atom. The fraction of sp³-hybridized carbons (Fsp3) is 0.450. The van der Waals surface area contributed by atoms with Crippen molar-refractivity contribution in [3.63, 3.8) is 0 Å². The molecule has 27 heavy (non-hydrogen) atoms. The molecule has 2 aromatic rings. The number of carbonyl (C=O) groups excluding carboxylic acids is 1. The average molecular weight is 390 g/mol. The number of fused-ring (bicyclic) bond motifs is 1. The fourth-order valence-corrected chi connectivity index (χ4v) is 4.55. The van der Waals surface area contributed by atoms with Gasteiger partial charge in [0, 0.05) is 5.56 Å². The number of ether oxygens (including phenoxy) is 2. The number of hydrogen-bond acceptors (Lipinski definition) is 4. The van der Waals surface area contributed by atoms with Crippen molar-refractivity contribution in [3.8, 4) is 11.5 Å². The van der Waals surface area contributed by atoms with E-state index >= 15 is 0 Å². The smallest absolute Gasteiger partial charge is 0.278 e. The zero-order valence-electron chi connectivity index (χ0n) is 15.7. The first kappa shape index (κ1) is 18.3. The highest BCUT2D eigenvalue weighted by molar-refractivity contribution is 7.09. The van der Waals surface area contributed by atoms with Gasteiger partial charge in [-0.05, 0) is 29.6 Å². The lowest BCUT2D eigenvalue weighted by Gasteiger charge is -2.32. The summed E-state index contributed by atoms with van der Waals surface area (Å²) in [5.41, 5.74) is 1.26. The number of thiophene rings is 1. The van der Waals surface area contributed by atoms with E-state index in [1.54, 1.807) is 11.3 Å². The molecule has 0 spiro atoms. The molecule has 1 saturated heterocycles. The molecule has 2 N–H and O–H groups in total. The highest BCUT2D eigenvalue weighted by atomic mass is 32.1. The van der Waals surface area contributed by atoms with Crippen LogP contribution in [-0.2, 0) is 17.9 Å². The van der Waals surface area contributed by atoms with Crippen LogP contribution >= 0.6 is 11.3 Å². The van der Waals surface area contributed by atoms with E-state index in [1.807, 2.05) is 11.0 Å². The van der Waals surface area contributed by atoms with Crippen molar-refractivity contribution in [1.82, 2.24) is 4.90 Å². The second-order valence-electron chi connectivity index (χ2n) is 7.39. The van der Waals surface area contributed by atoms with E-state index in [9.17, 15) is 4.79 Å². The lowest BCUT2D eigenvalue weighted by Crippen LogP contribution is -3.14. The molecule has 0 bridgehead atoms. The minimum Gasteiger partial charge on any atom is -0.454 e. The molecule has 1 aromatic carbocycles. The van der Waals surface area contributed by atoms with Crippen molar-refractivity contribution >= 4 is 17.2 Å². The summed E-state index contributed by atoms with van der Waals surface area (Å²) in [5, 5.41) is 2.09. The van der Waals surface area contributed by atoms with Gasteiger partial charge in [0.1, 0.15) is 13.1 Å². The summed E-state index contributed by atoms with van der Waals surface area (Å²) in [6, 6.07) is 10.4. The van der Waals surface area contributed by atoms with Gasteiger partial charge in [0.25, 0.3) is 5.91 Å². The third kappa shape index (κ3) is 4.61. The van der Waals surface area contributed by atoms with Crippen molar-refractivity contribution < 1.29 is 24.1 Å². The molecule has 1 amide bonds. The number of carbonyl (C=O) groups is 1. The van der Waals surface area contributed by atoms with Crippen LogP contribution in [0.5, 0.6) is 11.5 Å². The summed E-state index contributed by atoms with van der Waals surface area (Å²) >= 11 is 1.76. The number of quaternary nitrogens is 2. The molecular weight excluding hydrogens is 362 g/mol. The second-order valence-corrected chi connectivity index (χ2v) is 8.42. The maximum absolute atomic E-state index is 12.6. The molecule has 0 radical (unpaired) electrons. The van der Waals surface area contributed by atoms with E-state index in [0.29, 0.717) is 13.3 Å². The molecule has 1 aromatic heterocycles. The molecule has 4 rings (SSSR count). The Kier molecular flexibility index (Phi) is 5.61. The van der Waals surface area contributed by atoms with Crippen LogP contribution < -0.4 is 19.3 Å². The van der Waals surface area contributed by atoms with Crippen molar-refractivity contribution in [1.29, 1.82) is 0 Å². The number of nitrogens with one attached hydrogen (secondary N) is 2. The average Bonchev–Trinajstić information content (AvgIpc) is 3.33. The molecule has 1 atom stereocenters. The van der Waals surface area contributed by atoms with Gasteiger partial charge < -0.3 is 24.2 Å². The third-order valence-corrected chi connectivity index (χ3v) is 6.10. The van der Waals surface area contributed by atoms with Crippen molar-refractivity contribution in [2.75, 3.05) is 46.6 Å². The second kappa shape index (κ2) is 8.29. The van der Waals surface area contributed by atoms with Crippen LogP contribution in [0.4, 0.5) is 0 Å². The third-order valence-electron chi connectivity index (χ3n) is 5.22. The summed E-state index contributed by atoms with van der Waals surface area (Å²) < 4.78 is 10.8. The number of benzene rings is 1. The number of rotatable bonds is 6. The van der Waals surface area contributed by atoms with Crippen LogP contribution in [0.1, 0.15) is 10.4 Å². The van der Waals surface area contributed by atoms with Crippen LogP contribution in [0.25, 0.3) is 0 Å². The highest BCUT2D eigenvalue weighted by Crippen LogP contribution is 2.32. The molecule has 1 fully saturated rings. The van der Waals surface area contributed by atoms with Crippen LogP contribution in [0.3, 0.4) is 0 Å². The van der Waals surface area contributed by atoms with E-state index in [4.69, 9.17) is 9.47 Å². The van der Waals surface area contributed by atoms with E-state index in [2.05, 4.69) is 36.7 Å². The van der Waals surface area contributed by atoms with Gasteiger partial charge in [-0.3, -0.25) is 4.79 Å². The summed E-state index contributed by atoms with van der Waals surface area (Å²) in [6.45, 7) is 6.41. The lowest BCUT2D eigenvalue weighted by molar-refractivity contribution is -0.918. The Labute approximate surface area is 163 Å². The maximum atomic E-state index is 12.6. The molecule has 3 heterocycles.